The zero-order chi connectivity index (χ0) is 19.7. The average Bonchev–Trinajstić information content (AvgIpc) is 2.40. The Bertz CT molecular complexity index is 617. The zero-order valence-corrected chi connectivity index (χ0v) is 18.0. The van der Waals surface area contributed by atoms with Crippen molar-refractivity contribution in [3.8, 4) is 0 Å². The van der Waals surface area contributed by atoms with Gasteiger partial charge in [-0.05, 0) is 35.8 Å². The molecule has 1 nitrogen and oxygen atoms in total. The number of alkyl halides is 6. The molecule has 0 spiro atoms. The minimum absolute atomic E-state index is 0.106. The van der Waals surface area contributed by atoms with Crippen LogP contribution in [0.2, 0.25) is 18.1 Å². The van der Waals surface area contributed by atoms with E-state index in [4.69, 9.17) is 39.2 Å². The van der Waals surface area contributed by atoms with E-state index in [-0.39, 0.29) is 5.04 Å². The van der Waals surface area contributed by atoms with Gasteiger partial charge in [0.15, 0.2) is 8.32 Å². The van der Waals surface area contributed by atoms with Gasteiger partial charge in [-0.15, -0.1) is 0 Å². The molecule has 0 heterocycles. The molecule has 0 saturated carbocycles. The van der Waals surface area contributed by atoms with Gasteiger partial charge in [-0.2, -0.15) is 13.2 Å². The molecule has 0 saturated heterocycles. The summed E-state index contributed by atoms with van der Waals surface area (Å²) >= 11 is 18.1. The van der Waals surface area contributed by atoms with Crippen molar-refractivity contribution in [2.45, 2.75) is 55.0 Å². The highest BCUT2D eigenvalue weighted by Gasteiger charge is 2.43. The molecular weight excluding hydrogens is 412 g/mol. The Hall–Kier alpha value is -0.203. The third-order valence-corrected chi connectivity index (χ3v) is 9.33. The molecule has 0 fully saturated rings. The van der Waals surface area contributed by atoms with Gasteiger partial charge in [0, 0.05) is 0 Å². The molecule has 25 heavy (non-hydrogen) atoms. The maximum Gasteiger partial charge on any atom is 0.416 e. The summed E-state index contributed by atoms with van der Waals surface area (Å²) in [7, 11) is -2.24. The molecule has 1 aromatic rings. The molecule has 0 aliphatic carbocycles. The predicted octanol–water partition coefficient (Wildman–Crippen LogP) is 7.48. The van der Waals surface area contributed by atoms with E-state index in [9.17, 15) is 13.2 Å². The van der Waals surface area contributed by atoms with E-state index < -0.39 is 30.0 Å². The molecule has 0 aromatic heterocycles. The standard InChI is InChI=1S/C17H22Cl3F3OSi/c1-15(2,3)25(4,5)24-14(16(18,19)20)10-9-12-7-6-8-13(11-12)17(21,22)23/h6-11,14H,1-5H3/b10-9+/t14-/m1/s1. The fourth-order valence-electron chi connectivity index (χ4n) is 1.73. The monoisotopic (exact) mass is 432 g/mol. The van der Waals surface area contributed by atoms with Crippen LogP contribution in [0, 0.1) is 0 Å². The van der Waals surface area contributed by atoms with E-state index in [2.05, 4.69) is 0 Å². The lowest BCUT2D eigenvalue weighted by atomic mass is 10.1. The molecule has 1 rings (SSSR count). The van der Waals surface area contributed by atoms with Crippen LogP contribution in [0.25, 0.3) is 6.08 Å². The fourth-order valence-corrected chi connectivity index (χ4v) is 3.55. The molecule has 0 bridgehead atoms. The van der Waals surface area contributed by atoms with Crippen LogP contribution in [-0.2, 0) is 10.6 Å². The Morgan fingerprint density at radius 3 is 2.08 bits per heavy atom. The van der Waals surface area contributed by atoms with Crippen molar-refractivity contribution in [1.29, 1.82) is 0 Å². The third kappa shape index (κ3) is 6.79. The van der Waals surface area contributed by atoms with Crippen LogP contribution in [0.5, 0.6) is 0 Å². The highest BCUT2D eigenvalue weighted by molar-refractivity contribution is 6.74. The molecule has 0 aliphatic rings. The van der Waals surface area contributed by atoms with E-state index in [1.807, 2.05) is 33.9 Å². The van der Waals surface area contributed by atoms with Crippen molar-refractivity contribution in [2.24, 2.45) is 0 Å². The lowest BCUT2D eigenvalue weighted by Crippen LogP contribution is -2.46. The minimum Gasteiger partial charge on any atom is -0.406 e. The van der Waals surface area contributed by atoms with Crippen molar-refractivity contribution < 1.29 is 17.6 Å². The first kappa shape index (κ1) is 22.8. The van der Waals surface area contributed by atoms with Gasteiger partial charge in [-0.25, -0.2) is 0 Å². The van der Waals surface area contributed by atoms with E-state index in [0.29, 0.717) is 5.56 Å². The first-order valence-electron chi connectivity index (χ1n) is 7.64. The topological polar surface area (TPSA) is 9.23 Å². The first-order valence-corrected chi connectivity index (χ1v) is 11.7. The Balaban J connectivity index is 3.10. The Labute approximate surface area is 163 Å². The van der Waals surface area contributed by atoms with Crippen molar-refractivity contribution >= 4 is 49.2 Å². The molecule has 142 valence electrons. The molecule has 0 N–H and O–H groups in total. The van der Waals surface area contributed by atoms with Crippen LogP contribution in [0.15, 0.2) is 30.3 Å². The summed E-state index contributed by atoms with van der Waals surface area (Å²) in [4.78, 5) is 0. The third-order valence-electron chi connectivity index (χ3n) is 4.23. The molecule has 0 radical (unpaired) electrons. The highest BCUT2D eigenvalue weighted by atomic mass is 35.6. The lowest BCUT2D eigenvalue weighted by Gasteiger charge is -2.40. The maximum absolute atomic E-state index is 12.8. The minimum atomic E-state index is -4.41. The lowest BCUT2D eigenvalue weighted by molar-refractivity contribution is -0.137. The Morgan fingerprint density at radius 1 is 1.08 bits per heavy atom. The molecular formula is C17H22Cl3F3OSi. The van der Waals surface area contributed by atoms with E-state index in [1.165, 1.54) is 18.2 Å². The largest absolute Gasteiger partial charge is 0.416 e. The van der Waals surface area contributed by atoms with Crippen LogP contribution in [0.4, 0.5) is 13.2 Å². The molecule has 0 amide bonds. The summed E-state index contributed by atoms with van der Waals surface area (Å²) in [5.41, 5.74) is -0.377. The van der Waals surface area contributed by atoms with Crippen molar-refractivity contribution in [2.75, 3.05) is 0 Å². The second-order valence-corrected chi connectivity index (χ2v) is 14.4. The van der Waals surface area contributed by atoms with Gasteiger partial charge in [0.1, 0.15) is 6.10 Å². The van der Waals surface area contributed by atoms with Gasteiger partial charge >= 0.3 is 6.18 Å². The Morgan fingerprint density at radius 2 is 1.64 bits per heavy atom. The quantitative estimate of drug-likeness (QED) is 0.353. The molecule has 8 heteroatoms. The molecule has 1 atom stereocenters. The van der Waals surface area contributed by atoms with Gasteiger partial charge < -0.3 is 4.43 Å². The second-order valence-electron chi connectivity index (χ2n) is 7.32. The first-order chi connectivity index (χ1) is 11.0. The number of rotatable bonds is 4. The SMILES string of the molecule is CC(C)(C)[Si](C)(C)O[C@H](/C=C/c1cccc(C(F)(F)F)c1)C(Cl)(Cl)Cl. The predicted molar refractivity (Wildman–Crippen MR) is 103 cm³/mol. The number of benzene rings is 1. The number of halogens is 6. The smallest absolute Gasteiger partial charge is 0.406 e. The summed E-state index contributed by atoms with van der Waals surface area (Å²) in [6, 6.07) is 4.93. The van der Waals surface area contributed by atoms with Crippen LogP contribution in [0.3, 0.4) is 0 Å². The van der Waals surface area contributed by atoms with E-state index in [1.54, 1.807) is 6.07 Å². The summed E-state index contributed by atoms with van der Waals surface area (Å²) < 4.78 is 42.8. The molecule has 0 aliphatic heterocycles. The Kier molecular flexibility index (Phi) is 7.13. The van der Waals surface area contributed by atoms with Crippen molar-refractivity contribution in [1.82, 2.24) is 0 Å². The molecule has 0 unspecified atom stereocenters. The summed E-state index contributed by atoms with van der Waals surface area (Å²) in [5.74, 6) is 0. The van der Waals surface area contributed by atoms with Crippen molar-refractivity contribution in [3.63, 3.8) is 0 Å². The summed E-state index contributed by atoms with van der Waals surface area (Å²) in [6.45, 7) is 10.2. The van der Waals surface area contributed by atoms with Crippen LogP contribution in [-0.4, -0.2) is 18.2 Å². The van der Waals surface area contributed by atoms with Gasteiger partial charge in [0.2, 0.25) is 3.79 Å². The van der Waals surface area contributed by atoms with Gasteiger partial charge in [0.05, 0.1) is 5.56 Å². The average molecular weight is 434 g/mol. The van der Waals surface area contributed by atoms with Crippen LogP contribution < -0.4 is 0 Å². The zero-order valence-electron chi connectivity index (χ0n) is 14.7. The highest BCUT2D eigenvalue weighted by Crippen LogP contribution is 2.42. The van der Waals surface area contributed by atoms with E-state index in [0.717, 1.165) is 12.1 Å². The van der Waals surface area contributed by atoms with Crippen LogP contribution in [0.1, 0.15) is 31.9 Å². The maximum atomic E-state index is 12.8. The van der Waals surface area contributed by atoms with Gasteiger partial charge in [-0.3, -0.25) is 0 Å². The fraction of sp³-hybridized carbons (Fsp3) is 0.529. The summed E-state index contributed by atoms with van der Waals surface area (Å²) in [5, 5.41) is -0.106. The van der Waals surface area contributed by atoms with Gasteiger partial charge in [0.25, 0.3) is 0 Å². The van der Waals surface area contributed by atoms with E-state index >= 15 is 0 Å². The molecule has 1 aromatic carbocycles. The van der Waals surface area contributed by atoms with Gasteiger partial charge in [-0.1, -0.05) is 79.9 Å². The number of hydrogen-bond acceptors (Lipinski definition) is 1. The van der Waals surface area contributed by atoms with Crippen LogP contribution >= 0.6 is 34.8 Å². The van der Waals surface area contributed by atoms with Crippen molar-refractivity contribution in [3.05, 3.63) is 41.5 Å². The second kappa shape index (κ2) is 7.81. The number of hydrogen-bond donors (Lipinski definition) is 0. The normalized spacial score (nSPS) is 15.6. The summed E-state index contributed by atoms with van der Waals surface area (Å²) in [6.07, 6.45) is -2.29.